The quantitative estimate of drug-likeness (QED) is 0.214. The van der Waals surface area contributed by atoms with E-state index in [1.807, 2.05) is 6.92 Å². The number of carbonyl (C=O) groups excluding carboxylic acids is 1. The van der Waals surface area contributed by atoms with E-state index in [4.69, 9.17) is 15.7 Å². The largest absolute Gasteiger partial charge is 0.409 e. The predicted molar refractivity (Wildman–Crippen MR) is 63.9 cm³/mol. The third-order valence-electron chi connectivity index (χ3n) is 2.62. The van der Waals surface area contributed by atoms with Crippen molar-refractivity contribution in [3.05, 3.63) is 0 Å². The van der Waals surface area contributed by atoms with Crippen molar-refractivity contribution in [3.8, 4) is 0 Å². The second-order valence-corrected chi connectivity index (χ2v) is 4.21. The summed E-state index contributed by atoms with van der Waals surface area (Å²) < 4.78 is 5.23. The normalized spacial score (nSPS) is 15.9. The van der Waals surface area contributed by atoms with E-state index < -0.39 is 0 Å². The third kappa shape index (κ3) is 5.04. The molecule has 0 aromatic heterocycles. The van der Waals surface area contributed by atoms with Crippen molar-refractivity contribution in [2.75, 3.05) is 19.8 Å². The van der Waals surface area contributed by atoms with Crippen LogP contribution < -0.4 is 5.73 Å². The molecule has 3 N–H and O–H groups in total. The van der Waals surface area contributed by atoms with Crippen molar-refractivity contribution in [3.63, 3.8) is 0 Å². The Morgan fingerprint density at radius 1 is 1.59 bits per heavy atom. The number of rotatable bonds is 8. The molecule has 1 rings (SSSR count). The molecule has 0 aromatic rings. The van der Waals surface area contributed by atoms with Crippen molar-refractivity contribution < 1.29 is 14.7 Å². The molecule has 6 nitrogen and oxygen atoms in total. The minimum absolute atomic E-state index is 0.00769. The molecule has 1 aliphatic rings. The molecule has 98 valence electrons. The lowest BCUT2D eigenvalue weighted by Gasteiger charge is -2.22. The topological polar surface area (TPSA) is 88.2 Å². The first kappa shape index (κ1) is 13.8. The van der Waals surface area contributed by atoms with Crippen LogP contribution in [0.5, 0.6) is 0 Å². The summed E-state index contributed by atoms with van der Waals surface area (Å²) in [6.45, 7) is 3.22. The zero-order chi connectivity index (χ0) is 12.7. The van der Waals surface area contributed by atoms with Gasteiger partial charge in [-0.3, -0.25) is 4.79 Å². The predicted octanol–water partition coefficient (Wildman–Crippen LogP) is 0.541. The minimum Gasteiger partial charge on any atom is -0.409 e. The Hall–Kier alpha value is -1.30. The average molecular weight is 243 g/mol. The number of nitrogens with two attached hydrogens (primary N) is 1. The Kier molecular flexibility index (Phi) is 5.76. The highest BCUT2D eigenvalue weighted by Gasteiger charge is 2.32. The third-order valence-corrected chi connectivity index (χ3v) is 2.62. The van der Waals surface area contributed by atoms with E-state index in [2.05, 4.69) is 5.16 Å². The van der Waals surface area contributed by atoms with Crippen LogP contribution in [0.2, 0.25) is 0 Å². The van der Waals surface area contributed by atoms with Crippen LogP contribution in [0.3, 0.4) is 0 Å². The molecule has 0 radical (unpaired) electrons. The first-order valence-electron chi connectivity index (χ1n) is 6.02. The van der Waals surface area contributed by atoms with Crippen molar-refractivity contribution in [1.29, 1.82) is 0 Å². The van der Waals surface area contributed by atoms with E-state index in [1.165, 1.54) is 0 Å². The zero-order valence-electron chi connectivity index (χ0n) is 10.3. The van der Waals surface area contributed by atoms with Crippen molar-refractivity contribution in [2.45, 2.75) is 38.6 Å². The lowest BCUT2D eigenvalue weighted by molar-refractivity contribution is -0.136. The summed E-state index contributed by atoms with van der Waals surface area (Å²) in [7, 11) is 0. The fourth-order valence-electron chi connectivity index (χ4n) is 1.57. The van der Waals surface area contributed by atoms with E-state index in [0.717, 1.165) is 19.3 Å². The van der Waals surface area contributed by atoms with Crippen molar-refractivity contribution >= 4 is 11.7 Å². The van der Waals surface area contributed by atoms with Gasteiger partial charge in [0.1, 0.15) is 12.4 Å². The Balaban J connectivity index is 2.34. The monoisotopic (exact) mass is 243 g/mol. The first-order chi connectivity index (χ1) is 8.19. The lowest BCUT2D eigenvalue weighted by Crippen LogP contribution is -2.38. The Labute approximate surface area is 101 Å². The highest BCUT2D eigenvalue weighted by atomic mass is 16.5. The fourth-order valence-corrected chi connectivity index (χ4v) is 1.57. The Morgan fingerprint density at radius 2 is 2.29 bits per heavy atom. The molecular formula is C11H21N3O3. The van der Waals surface area contributed by atoms with Crippen LogP contribution in [0.4, 0.5) is 0 Å². The van der Waals surface area contributed by atoms with Crippen LogP contribution >= 0.6 is 0 Å². The number of amidine groups is 1. The first-order valence-corrected chi connectivity index (χ1v) is 6.02. The summed E-state index contributed by atoms with van der Waals surface area (Å²) in [6, 6.07) is 0.319. The second kappa shape index (κ2) is 7.11. The van der Waals surface area contributed by atoms with Gasteiger partial charge in [-0.15, -0.1) is 0 Å². The molecule has 1 amide bonds. The highest BCUT2D eigenvalue weighted by molar-refractivity contribution is 5.82. The number of oxime groups is 1. The van der Waals surface area contributed by atoms with Crippen LogP contribution in [-0.2, 0) is 9.53 Å². The Bertz CT molecular complexity index is 277. The van der Waals surface area contributed by atoms with E-state index in [1.54, 1.807) is 4.90 Å². The number of hydrogen-bond acceptors (Lipinski definition) is 4. The second-order valence-electron chi connectivity index (χ2n) is 4.21. The van der Waals surface area contributed by atoms with E-state index in [9.17, 15) is 4.79 Å². The van der Waals surface area contributed by atoms with Crippen LogP contribution in [0, 0.1) is 0 Å². The molecule has 0 unspecified atom stereocenters. The standard InChI is InChI=1S/C11H21N3O3/c1-2-7-17-8-11(15)14(9-3-4-9)6-5-10(12)13-16/h9,16H,2-8H2,1H3,(H2,12,13). The van der Waals surface area contributed by atoms with Crippen LogP contribution in [0.15, 0.2) is 5.16 Å². The SMILES string of the molecule is CCCOCC(=O)N(CCC(N)=NO)C1CC1. The van der Waals surface area contributed by atoms with Crippen LogP contribution in [0.25, 0.3) is 0 Å². The summed E-state index contributed by atoms with van der Waals surface area (Å²) >= 11 is 0. The number of ether oxygens (including phenoxy) is 1. The molecule has 6 heteroatoms. The summed E-state index contributed by atoms with van der Waals surface area (Å²) in [6.07, 6.45) is 3.37. The maximum absolute atomic E-state index is 11.9. The van der Waals surface area contributed by atoms with Gasteiger partial charge in [-0.2, -0.15) is 0 Å². The molecule has 0 atom stereocenters. The van der Waals surface area contributed by atoms with Gasteiger partial charge in [0.2, 0.25) is 5.91 Å². The fraction of sp³-hybridized carbons (Fsp3) is 0.818. The zero-order valence-corrected chi connectivity index (χ0v) is 10.3. The molecule has 0 bridgehead atoms. The number of amides is 1. The van der Waals surface area contributed by atoms with Crippen molar-refractivity contribution in [2.24, 2.45) is 10.9 Å². The molecule has 0 aliphatic heterocycles. The minimum atomic E-state index is -0.00769. The van der Waals surface area contributed by atoms with Gasteiger partial charge in [-0.1, -0.05) is 12.1 Å². The summed E-state index contributed by atoms with van der Waals surface area (Å²) in [5, 5.41) is 11.3. The molecule has 0 saturated heterocycles. The van der Waals surface area contributed by atoms with Crippen LogP contribution in [-0.4, -0.2) is 47.7 Å². The van der Waals surface area contributed by atoms with Crippen LogP contribution in [0.1, 0.15) is 32.6 Å². The molecule has 1 saturated carbocycles. The van der Waals surface area contributed by atoms with E-state index in [-0.39, 0.29) is 18.3 Å². The van der Waals surface area contributed by atoms with Crippen molar-refractivity contribution in [1.82, 2.24) is 4.90 Å². The molecule has 17 heavy (non-hydrogen) atoms. The summed E-state index contributed by atoms with van der Waals surface area (Å²) in [5.74, 6) is 0.143. The van der Waals surface area contributed by atoms with Gasteiger partial charge in [-0.25, -0.2) is 0 Å². The summed E-state index contributed by atoms with van der Waals surface area (Å²) in [4.78, 5) is 13.6. The molecule has 1 aliphatic carbocycles. The highest BCUT2D eigenvalue weighted by Crippen LogP contribution is 2.27. The van der Waals surface area contributed by atoms with Gasteiger partial charge < -0.3 is 20.6 Å². The lowest BCUT2D eigenvalue weighted by atomic mass is 10.3. The average Bonchev–Trinajstić information content (AvgIpc) is 3.13. The molecule has 0 spiro atoms. The summed E-state index contributed by atoms with van der Waals surface area (Å²) in [5.41, 5.74) is 5.39. The number of nitrogens with zero attached hydrogens (tertiary/aromatic N) is 2. The van der Waals surface area contributed by atoms with Gasteiger partial charge in [0.05, 0.1) is 0 Å². The van der Waals surface area contributed by atoms with Gasteiger partial charge in [0.15, 0.2) is 0 Å². The molecule has 0 aromatic carbocycles. The van der Waals surface area contributed by atoms with E-state index >= 15 is 0 Å². The maximum Gasteiger partial charge on any atom is 0.248 e. The maximum atomic E-state index is 11.9. The number of carbonyl (C=O) groups is 1. The number of hydrogen-bond donors (Lipinski definition) is 2. The molecular weight excluding hydrogens is 222 g/mol. The van der Waals surface area contributed by atoms with Gasteiger partial charge in [0, 0.05) is 25.6 Å². The van der Waals surface area contributed by atoms with Gasteiger partial charge >= 0.3 is 0 Å². The van der Waals surface area contributed by atoms with Gasteiger partial charge in [0.25, 0.3) is 0 Å². The van der Waals surface area contributed by atoms with Gasteiger partial charge in [-0.05, 0) is 19.3 Å². The van der Waals surface area contributed by atoms with E-state index in [0.29, 0.717) is 25.6 Å². The molecule has 1 fully saturated rings. The molecule has 0 heterocycles. The Morgan fingerprint density at radius 3 is 2.82 bits per heavy atom. The smallest absolute Gasteiger partial charge is 0.248 e.